The van der Waals surface area contributed by atoms with E-state index in [0.29, 0.717) is 16.4 Å². The number of anilines is 2. The fraction of sp³-hybridized carbons (Fsp3) is 0.348. The number of hydrogen-bond donors (Lipinski definition) is 1. The Morgan fingerprint density at radius 1 is 1.10 bits per heavy atom. The minimum absolute atomic E-state index is 0.160. The molecule has 164 valence electrons. The van der Waals surface area contributed by atoms with Crippen LogP contribution in [0.15, 0.2) is 48.5 Å². The van der Waals surface area contributed by atoms with Crippen molar-refractivity contribution in [3.05, 3.63) is 59.1 Å². The Morgan fingerprint density at radius 2 is 1.77 bits per heavy atom. The van der Waals surface area contributed by atoms with E-state index in [1.165, 1.54) is 9.80 Å². The number of piperazine rings is 1. The summed E-state index contributed by atoms with van der Waals surface area (Å²) in [5, 5.41) is 0.405. The maximum atomic E-state index is 13.1. The van der Waals surface area contributed by atoms with Crippen molar-refractivity contribution in [3.8, 4) is 0 Å². The molecule has 7 nitrogen and oxygen atoms in total. The SMILES string of the molecule is CC(C)(C)OC(=O)[C@H](Cc1ccccc1)N1CCN(c2cc(Cl)ccc2N)C(=O)C1=O. The van der Waals surface area contributed by atoms with Gasteiger partial charge in [-0.2, -0.15) is 0 Å². The summed E-state index contributed by atoms with van der Waals surface area (Å²) < 4.78 is 5.56. The van der Waals surface area contributed by atoms with Crippen LogP contribution in [0.5, 0.6) is 0 Å². The number of amides is 2. The number of halogens is 1. The van der Waals surface area contributed by atoms with E-state index in [-0.39, 0.29) is 19.5 Å². The Kier molecular flexibility index (Phi) is 6.55. The van der Waals surface area contributed by atoms with Crippen LogP contribution in [0, 0.1) is 0 Å². The molecule has 0 aromatic heterocycles. The van der Waals surface area contributed by atoms with Crippen LogP contribution >= 0.6 is 11.6 Å². The molecule has 8 heteroatoms. The van der Waals surface area contributed by atoms with Crippen LogP contribution in [0.25, 0.3) is 0 Å². The van der Waals surface area contributed by atoms with Crippen molar-refractivity contribution >= 4 is 40.8 Å². The summed E-state index contributed by atoms with van der Waals surface area (Å²) in [6.45, 7) is 5.63. The molecule has 3 rings (SSSR count). The normalized spacial score (nSPS) is 15.7. The first-order valence-electron chi connectivity index (χ1n) is 10.0. The zero-order chi connectivity index (χ0) is 22.8. The molecule has 0 radical (unpaired) electrons. The first kappa shape index (κ1) is 22.6. The van der Waals surface area contributed by atoms with Crippen molar-refractivity contribution in [1.29, 1.82) is 0 Å². The first-order chi connectivity index (χ1) is 14.6. The Labute approximate surface area is 186 Å². The second kappa shape index (κ2) is 8.98. The fourth-order valence-corrected chi connectivity index (χ4v) is 3.62. The second-order valence-electron chi connectivity index (χ2n) is 8.40. The van der Waals surface area contributed by atoms with Crippen LogP contribution in [-0.4, -0.2) is 47.4 Å². The van der Waals surface area contributed by atoms with Gasteiger partial charge in [0.15, 0.2) is 0 Å². The predicted molar refractivity (Wildman–Crippen MR) is 120 cm³/mol. The van der Waals surface area contributed by atoms with Crippen molar-refractivity contribution in [2.24, 2.45) is 0 Å². The number of esters is 1. The number of carbonyl (C=O) groups excluding carboxylic acids is 3. The fourth-order valence-electron chi connectivity index (χ4n) is 3.45. The molecule has 1 heterocycles. The lowest BCUT2D eigenvalue weighted by Gasteiger charge is -2.38. The molecule has 0 bridgehead atoms. The molecule has 2 amide bonds. The molecule has 1 atom stereocenters. The van der Waals surface area contributed by atoms with E-state index in [0.717, 1.165) is 5.56 Å². The smallest absolute Gasteiger partial charge is 0.329 e. The van der Waals surface area contributed by atoms with Crippen molar-refractivity contribution in [1.82, 2.24) is 4.90 Å². The van der Waals surface area contributed by atoms with Crippen LogP contribution in [0.1, 0.15) is 26.3 Å². The molecule has 1 fully saturated rings. The molecule has 1 aliphatic rings. The summed E-state index contributed by atoms with van der Waals surface area (Å²) in [4.78, 5) is 41.6. The lowest BCUT2D eigenvalue weighted by atomic mass is 10.0. The summed E-state index contributed by atoms with van der Waals surface area (Å²) in [5.74, 6) is -2.09. The molecule has 0 saturated carbocycles. The number of ether oxygens (including phenoxy) is 1. The van der Waals surface area contributed by atoms with Gasteiger partial charge in [0.2, 0.25) is 0 Å². The Balaban J connectivity index is 1.88. The Morgan fingerprint density at radius 3 is 2.42 bits per heavy atom. The molecule has 2 N–H and O–H groups in total. The third-order valence-electron chi connectivity index (χ3n) is 4.86. The van der Waals surface area contributed by atoms with Gasteiger partial charge in [0.25, 0.3) is 0 Å². The first-order valence-corrected chi connectivity index (χ1v) is 10.4. The largest absolute Gasteiger partial charge is 0.458 e. The maximum Gasteiger partial charge on any atom is 0.329 e. The van der Waals surface area contributed by atoms with Gasteiger partial charge in [-0.3, -0.25) is 9.59 Å². The van der Waals surface area contributed by atoms with Crippen LogP contribution < -0.4 is 10.6 Å². The molecule has 2 aromatic carbocycles. The molecule has 2 aromatic rings. The van der Waals surface area contributed by atoms with Crippen LogP contribution in [-0.2, 0) is 25.5 Å². The molecule has 31 heavy (non-hydrogen) atoms. The number of nitrogen functional groups attached to an aromatic ring is 1. The standard InChI is InChI=1S/C23H26ClN3O4/c1-23(2,3)31-22(30)19(13-15-7-5-4-6-8-15)27-12-11-26(20(28)21(27)29)18-14-16(24)9-10-17(18)25/h4-10,14,19H,11-13,25H2,1-3H3/t19-/m0/s1. The van der Waals surface area contributed by atoms with Gasteiger partial charge in [-0.15, -0.1) is 0 Å². The van der Waals surface area contributed by atoms with Crippen molar-refractivity contribution in [3.63, 3.8) is 0 Å². The van der Waals surface area contributed by atoms with E-state index in [4.69, 9.17) is 22.1 Å². The number of carbonyl (C=O) groups is 3. The van der Waals surface area contributed by atoms with Gasteiger partial charge in [-0.1, -0.05) is 41.9 Å². The number of rotatable bonds is 5. The minimum atomic E-state index is -0.920. The Hall–Kier alpha value is -3.06. The van der Waals surface area contributed by atoms with E-state index in [1.54, 1.807) is 39.0 Å². The van der Waals surface area contributed by atoms with E-state index in [9.17, 15) is 14.4 Å². The highest BCUT2D eigenvalue weighted by molar-refractivity contribution is 6.41. The van der Waals surface area contributed by atoms with E-state index < -0.39 is 29.4 Å². The molecule has 0 aliphatic carbocycles. The zero-order valence-corrected chi connectivity index (χ0v) is 18.6. The van der Waals surface area contributed by atoms with Gasteiger partial charge < -0.3 is 20.3 Å². The Bertz CT molecular complexity index is 988. The highest BCUT2D eigenvalue weighted by atomic mass is 35.5. The van der Waals surface area contributed by atoms with Crippen LogP contribution in [0.4, 0.5) is 11.4 Å². The summed E-state index contributed by atoms with van der Waals surface area (Å²) in [7, 11) is 0. The van der Waals surface area contributed by atoms with Crippen molar-refractivity contribution in [2.45, 2.75) is 38.8 Å². The van der Waals surface area contributed by atoms with E-state index >= 15 is 0 Å². The van der Waals surface area contributed by atoms with Crippen molar-refractivity contribution < 1.29 is 19.1 Å². The number of nitrogens with zero attached hydrogens (tertiary/aromatic N) is 2. The summed E-state index contributed by atoms with van der Waals surface area (Å²) in [5.41, 5.74) is 6.84. The van der Waals surface area contributed by atoms with Gasteiger partial charge in [0.05, 0.1) is 11.4 Å². The maximum absolute atomic E-state index is 13.1. The molecule has 0 spiro atoms. The third kappa shape index (κ3) is 5.35. The topological polar surface area (TPSA) is 92.9 Å². The van der Waals surface area contributed by atoms with Crippen LogP contribution in [0.3, 0.4) is 0 Å². The number of hydrogen-bond acceptors (Lipinski definition) is 5. The lowest BCUT2D eigenvalue weighted by Crippen LogP contribution is -2.60. The highest BCUT2D eigenvalue weighted by Crippen LogP contribution is 2.29. The zero-order valence-electron chi connectivity index (χ0n) is 17.8. The van der Waals surface area contributed by atoms with Crippen molar-refractivity contribution in [2.75, 3.05) is 23.7 Å². The molecule has 1 aliphatic heterocycles. The monoisotopic (exact) mass is 443 g/mol. The number of benzene rings is 2. The average molecular weight is 444 g/mol. The third-order valence-corrected chi connectivity index (χ3v) is 5.10. The van der Waals surface area contributed by atoms with Crippen LogP contribution in [0.2, 0.25) is 5.02 Å². The summed E-state index contributed by atoms with van der Waals surface area (Å²) in [6, 6.07) is 13.1. The van der Waals surface area contributed by atoms with Gasteiger partial charge in [-0.05, 0) is 44.5 Å². The highest BCUT2D eigenvalue weighted by Gasteiger charge is 2.41. The lowest BCUT2D eigenvalue weighted by molar-refractivity contribution is -0.166. The summed E-state index contributed by atoms with van der Waals surface area (Å²) in [6.07, 6.45) is 0.244. The summed E-state index contributed by atoms with van der Waals surface area (Å²) >= 11 is 6.04. The van der Waals surface area contributed by atoms with Gasteiger partial charge in [0.1, 0.15) is 11.6 Å². The quantitative estimate of drug-likeness (QED) is 0.435. The average Bonchev–Trinajstić information content (AvgIpc) is 2.70. The van der Waals surface area contributed by atoms with Gasteiger partial charge in [0, 0.05) is 24.5 Å². The second-order valence-corrected chi connectivity index (χ2v) is 8.83. The molecular weight excluding hydrogens is 418 g/mol. The minimum Gasteiger partial charge on any atom is -0.458 e. The van der Waals surface area contributed by atoms with E-state index in [1.807, 2.05) is 30.3 Å². The van der Waals surface area contributed by atoms with Gasteiger partial charge in [-0.25, -0.2) is 4.79 Å². The molecular formula is C23H26ClN3O4. The molecule has 1 saturated heterocycles. The van der Waals surface area contributed by atoms with E-state index in [2.05, 4.69) is 0 Å². The van der Waals surface area contributed by atoms with Gasteiger partial charge >= 0.3 is 17.8 Å². The predicted octanol–water partition coefficient (Wildman–Crippen LogP) is 3.05. The number of nitrogens with two attached hydrogens (primary N) is 1. The molecule has 0 unspecified atom stereocenters.